The lowest BCUT2D eigenvalue weighted by Crippen LogP contribution is -2.21. The Morgan fingerprint density at radius 3 is 2.82 bits per heavy atom. The van der Waals surface area contributed by atoms with E-state index in [0.29, 0.717) is 5.69 Å². The van der Waals surface area contributed by atoms with E-state index in [0.717, 1.165) is 0 Å². The van der Waals surface area contributed by atoms with E-state index >= 15 is 0 Å². The monoisotopic (exact) mass is 234 g/mol. The van der Waals surface area contributed by atoms with E-state index in [4.69, 9.17) is 10.8 Å². The number of rotatable bonds is 3. The Hall–Kier alpha value is -2.57. The van der Waals surface area contributed by atoms with Crippen molar-refractivity contribution in [1.29, 1.82) is 0 Å². The summed E-state index contributed by atoms with van der Waals surface area (Å²) in [5, 5.41) is 8.63. The minimum atomic E-state index is -1.13. The van der Waals surface area contributed by atoms with Crippen LogP contribution in [0.2, 0.25) is 0 Å². The highest BCUT2D eigenvalue weighted by molar-refractivity contribution is 5.72. The van der Waals surface area contributed by atoms with Gasteiger partial charge in [0.05, 0.1) is 17.7 Å². The van der Waals surface area contributed by atoms with Gasteiger partial charge in [-0.3, -0.25) is 9.59 Å². The zero-order valence-electron chi connectivity index (χ0n) is 8.73. The Labute approximate surface area is 95.3 Å². The molecule has 88 valence electrons. The Morgan fingerprint density at radius 1 is 1.53 bits per heavy atom. The van der Waals surface area contributed by atoms with Crippen molar-refractivity contribution in [2.24, 2.45) is 0 Å². The number of nitrogen functional groups attached to an aromatic ring is 1. The predicted molar refractivity (Wildman–Crippen MR) is 60.4 cm³/mol. The van der Waals surface area contributed by atoms with Crippen molar-refractivity contribution in [3.8, 4) is 11.5 Å². The molecule has 0 atom stereocenters. The van der Waals surface area contributed by atoms with Crippen molar-refractivity contribution in [1.82, 2.24) is 15.0 Å². The number of aromatic nitrogens is 3. The maximum atomic E-state index is 11.6. The summed E-state index contributed by atoms with van der Waals surface area (Å²) in [5.41, 5.74) is 5.60. The highest BCUT2D eigenvalue weighted by Crippen LogP contribution is 2.13. The standard InChI is InChI=1S/C10H10N4O3/c11-8-5(4-7(15)16)10(17)14-9(13-8)6-2-1-3-12-6/h1-3,12H,4H2,(H,15,16)(H3,11,13,14,17). The van der Waals surface area contributed by atoms with E-state index < -0.39 is 17.9 Å². The van der Waals surface area contributed by atoms with Crippen LogP contribution in [0.1, 0.15) is 5.56 Å². The first-order chi connectivity index (χ1) is 8.08. The summed E-state index contributed by atoms with van der Waals surface area (Å²) >= 11 is 0. The van der Waals surface area contributed by atoms with Crippen LogP contribution in [-0.4, -0.2) is 26.0 Å². The number of hydrogen-bond donors (Lipinski definition) is 4. The average Bonchev–Trinajstić information content (AvgIpc) is 2.76. The summed E-state index contributed by atoms with van der Waals surface area (Å²) in [4.78, 5) is 31.5. The Morgan fingerprint density at radius 2 is 2.29 bits per heavy atom. The summed E-state index contributed by atoms with van der Waals surface area (Å²) < 4.78 is 0. The van der Waals surface area contributed by atoms with E-state index in [2.05, 4.69) is 15.0 Å². The van der Waals surface area contributed by atoms with Gasteiger partial charge >= 0.3 is 5.97 Å². The van der Waals surface area contributed by atoms with E-state index in [1.165, 1.54) is 0 Å². The van der Waals surface area contributed by atoms with Crippen molar-refractivity contribution in [3.05, 3.63) is 34.2 Å². The predicted octanol–water partition coefficient (Wildman–Crippen LogP) is -0.0257. The molecule has 0 bridgehead atoms. The zero-order valence-corrected chi connectivity index (χ0v) is 8.73. The van der Waals surface area contributed by atoms with E-state index in [9.17, 15) is 9.59 Å². The smallest absolute Gasteiger partial charge is 0.308 e. The maximum absolute atomic E-state index is 11.6. The number of nitrogens with two attached hydrogens (primary N) is 1. The summed E-state index contributed by atoms with van der Waals surface area (Å²) in [6, 6.07) is 3.46. The summed E-state index contributed by atoms with van der Waals surface area (Å²) in [5.74, 6) is -0.913. The fourth-order valence-electron chi connectivity index (χ4n) is 1.44. The van der Waals surface area contributed by atoms with Crippen LogP contribution in [0.4, 0.5) is 5.82 Å². The molecule has 0 amide bonds. The van der Waals surface area contributed by atoms with Crippen molar-refractivity contribution in [3.63, 3.8) is 0 Å². The van der Waals surface area contributed by atoms with Crippen LogP contribution < -0.4 is 11.3 Å². The molecule has 0 spiro atoms. The molecule has 0 aromatic carbocycles. The first-order valence-electron chi connectivity index (χ1n) is 4.82. The Bertz CT molecular complexity index is 601. The first kappa shape index (κ1) is 10.9. The van der Waals surface area contributed by atoms with Crippen LogP contribution in [0.3, 0.4) is 0 Å². The van der Waals surface area contributed by atoms with E-state index in [1.807, 2.05) is 0 Å². The van der Waals surface area contributed by atoms with Gasteiger partial charge in [-0.05, 0) is 12.1 Å². The molecule has 17 heavy (non-hydrogen) atoms. The number of hydrogen-bond acceptors (Lipinski definition) is 4. The number of carbonyl (C=O) groups is 1. The second kappa shape index (κ2) is 4.12. The van der Waals surface area contributed by atoms with Crippen molar-refractivity contribution in [2.75, 3.05) is 5.73 Å². The minimum Gasteiger partial charge on any atom is -0.481 e. The third kappa shape index (κ3) is 2.17. The molecule has 7 heteroatoms. The normalized spacial score (nSPS) is 10.4. The molecule has 0 aliphatic heterocycles. The first-order valence-corrected chi connectivity index (χ1v) is 4.82. The number of nitrogens with zero attached hydrogens (tertiary/aromatic N) is 1. The van der Waals surface area contributed by atoms with Gasteiger partial charge in [-0.25, -0.2) is 4.98 Å². The molecular weight excluding hydrogens is 224 g/mol. The fraction of sp³-hybridized carbons (Fsp3) is 0.100. The molecule has 0 saturated carbocycles. The van der Waals surface area contributed by atoms with Gasteiger partial charge in [0.2, 0.25) is 0 Å². The van der Waals surface area contributed by atoms with E-state index in [1.54, 1.807) is 18.3 Å². The molecule has 0 unspecified atom stereocenters. The molecule has 0 fully saturated rings. The summed E-state index contributed by atoms with van der Waals surface area (Å²) in [7, 11) is 0. The molecule has 7 nitrogen and oxygen atoms in total. The molecule has 0 saturated heterocycles. The Kier molecular flexibility index (Phi) is 2.65. The second-order valence-electron chi connectivity index (χ2n) is 3.43. The summed E-state index contributed by atoms with van der Waals surface area (Å²) in [6.07, 6.45) is 1.23. The third-order valence-electron chi connectivity index (χ3n) is 2.23. The number of carboxylic acid groups (broad SMARTS) is 1. The minimum absolute atomic E-state index is 0.0344. The molecule has 5 N–H and O–H groups in total. The third-order valence-corrected chi connectivity index (χ3v) is 2.23. The SMILES string of the molecule is Nc1nc(-c2ccc[nH]2)[nH]c(=O)c1CC(=O)O. The molecule has 2 aromatic heterocycles. The molecule has 2 aromatic rings. The van der Waals surface area contributed by atoms with Gasteiger partial charge in [-0.2, -0.15) is 0 Å². The number of aliphatic carboxylic acids is 1. The van der Waals surface area contributed by atoms with Crippen molar-refractivity contribution >= 4 is 11.8 Å². The number of H-pyrrole nitrogens is 2. The fourth-order valence-corrected chi connectivity index (χ4v) is 1.44. The lowest BCUT2D eigenvalue weighted by Gasteiger charge is -2.03. The highest BCUT2D eigenvalue weighted by atomic mass is 16.4. The van der Waals surface area contributed by atoms with Gasteiger partial charge in [0.25, 0.3) is 5.56 Å². The van der Waals surface area contributed by atoms with Crippen LogP contribution in [0.25, 0.3) is 11.5 Å². The lowest BCUT2D eigenvalue weighted by molar-refractivity contribution is -0.136. The number of carboxylic acids is 1. The average molecular weight is 234 g/mol. The number of aromatic amines is 2. The largest absolute Gasteiger partial charge is 0.481 e. The molecule has 0 aliphatic carbocycles. The molecule has 0 aliphatic rings. The van der Waals surface area contributed by atoms with E-state index in [-0.39, 0.29) is 17.2 Å². The van der Waals surface area contributed by atoms with Crippen molar-refractivity contribution in [2.45, 2.75) is 6.42 Å². The molecule has 0 radical (unpaired) electrons. The molecule has 2 rings (SSSR count). The lowest BCUT2D eigenvalue weighted by atomic mass is 10.2. The molecule has 2 heterocycles. The van der Waals surface area contributed by atoms with Gasteiger partial charge in [0.1, 0.15) is 5.82 Å². The van der Waals surface area contributed by atoms with Gasteiger partial charge in [0.15, 0.2) is 5.82 Å². The van der Waals surface area contributed by atoms with Crippen LogP contribution in [0.5, 0.6) is 0 Å². The topological polar surface area (TPSA) is 125 Å². The highest BCUT2D eigenvalue weighted by Gasteiger charge is 2.13. The maximum Gasteiger partial charge on any atom is 0.308 e. The van der Waals surface area contributed by atoms with Gasteiger partial charge in [0, 0.05) is 6.20 Å². The summed E-state index contributed by atoms with van der Waals surface area (Å²) in [6.45, 7) is 0. The number of nitrogens with one attached hydrogen (secondary N) is 2. The van der Waals surface area contributed by atoms with Crippen LogP contribution >= 0.6 is 0 Å². The van der Waals surface area contributed by atoms with Crippen molar-refractivity contribution < 1.29 is 9.90 Å². The Balaban J connectivity index is 2.49. The quantitative estimate of drug-likeness (QED) is 0.593. The van der Waals surface area contributed by atoms with Gasteiger partial charge < -0.3 is 20.8 Å². The zero-order chi connectivity index (χ0) is 12.4. The van der Waals surface area contributed by atoms with Crippen LogP contribution in [0.15, 0.2) is 23.1 Å². The van der Waals surface area contributed by atoms with Crippen LogP contribution in [-0.2, 0) is 11.2 Å². The number of anilines is 1. The molecular formula is C10H10N4O3. The second-order valence-corrected chi connectivity index (χ2v) is 3.43. The van der Waals surface area contributed by atoms with Crippen LogP contribution in [0, 0.1) is 0 Å². The van der Waals surface area contributed by atoms with Gasteiger partial charge in [-0.1, -0.05) is 0 Å². The van der Waals surface area contributed by atoms with Gasteiger partial charge in [-0.15, -0.1) is 0 Å².